The molecule has 1 fully saturated rings. The summed E-state index contributed by atoms with van der Waals surface area (Å²) in [6, 6.07) is 6.66. The van der Waals surface area contributed by atoms with Gasteiger partial charge < -0.3 is 5.32 Å². The van der Waals surface area contributed by atoms with Crippen molar-refractivity contribution in [1.29, 1.82) is 0 Å². The van der Waals surface area contributed by atoms with Gasteiger partial charge in [-0.25, -0.2) is 0 Å². The number of rotatable bonds is 3. The van der Waals surface area contributed by atoms with E-state index in [2.05, 4.69) is 5.32 Å². The van der Waals surface area contributed by atoms with E-state index in [1.165, 1.54) is 16.9 Å². The molecule has 0 unspecified atom stereocenters. The van der Waals surface area contributed by atoms with Gasteiger partial charge in [0.2, 0.25) is 0 Å². The monoisotopic (exact) mass is 298 g/mol. The molecule has 0 atom stereocenters. The summed E-state index contributed by atoms with van der Waals surface area (Å²) in [6.07, 6.45) is 7.53. The van der Waals surface area contributed by atoms with Crippen molar-refractivity contribution >= 4 is 17.7 Å². The van der Waals surface area contributed by atoms with Crippen LogP contribution in [-0.2, 0) is 0 Å². The van der Waals surface area contributed by atoms with Gasteiger partial charge in [-0.3, -0.25) is 18.8 Å². The Hall–Kier alpha value is -2.43. The second-order valence-electron chi connectivity index (χ2n) is 5.70. The Labute approximate surface area is 128 Å². The van der Waals surface area contributed by atoms with Gasteiger partial charge >= 0.3 is 0 Å². The Morgan fingerprint density at radius 1 is 1.23 bits per heavy atom. The Morgan fingerprint density at radius 3 is 2.73 bits per heavy atom. The number of hydrogen-bond acceptors (Lipinski definition) is 3. The van der Waals surface area contributed by atoms with Gasteiger partial charge in [-0.2, -0.15) is 0 Å². The van der Waals surface area contributed by atoms with Gasteiger partial charge in [0, 0.05) is 17.8 Å². The highest BCUT2D eigenvalue weighted by molar-refractivity contribution is 5.97. The zero-order valence-corrected chi connectivity index (χ0v) is 12.2. The number of hydrogen-bond donors (Lipinski definition) is 1. The first kappa shape index (κ1) is 14.5. The van der Waals surface area contributed by atoms with Gasteiger partial charge in [0.15, 0.2) is 6.29 Å². The lowest BCUT2D eigenvalue weighted by Crippen LogP contribution is -2.39. The van der Waals surface area contributed by atoms with E-state index in [1.54, 1.807) is 24.4 Å². The molecule has 5 heteroatoms. The van der Waals surface area contributed by atoms with Crippen molar-refractivity contribution in [2.75, 3.05) is 0 Å². The molecule has 1 aliphatic carbocycles. The van der Waals surface area contributed by atoms with Crippen LogP contribution in [-0.4, -0.2) is 22.6 Å². The van der Waals surface area contributed by atoms with Gasteiger partial charge in [0.1, 0.15) is 5.56 Å². The van der Waals surface area contributed by atoms with Crippen LogP contribution in [0.5, 0.6) is 0 Å². The van der Waals surface area contributed by atoms with Crippen molar-refractivity contribution in [2.45, 2.75) is 38.1 Å². The first-order valence-corrected chi connectivity index (χ1v) is 7.61. The quantitative estimate of drug-likeness (QED) is 0.883. The number of amides is 1. The van der Waals surface area contributed by atoms with E-state index >= 15 is 0 Å². The van der Waals surface area contributed by atoms with Crippen LogP contribution in [0.15, 0.2) is 35.3 Å². The summed E-state index contributed by atoms with van der Waals surface area (Å²) >= 11 is 0. The maximum absolute atomic E-state index is 12.5. The average Bonchev–Trinajstić information content (AvgIpc) is 2.56. The molecule has 0 saturated heterocycles. The number of nitrogens with zero attached hydrogens (tertiary/aromatic N) is 1. The maximum Gasteiger partial charge on any atom is 0.267 e. The molecule has 2 aromatic heterocycles. The number of aromatic nitrogens is 1. The number of pyridine rings is 2. The van der Waals surface area contributed by atoms with Crippen molar-refractivity contribution in [3.8, 4) is 0 Å². The van der Waals surface area contributed by atoms with E-state index in [0.29, 0.717) is 17.4 Å². The molecule has 1 N–H and O–H groups in total. The van der Waals surface area contributed by atoms with Gasteiger partial charge in [0.25, 0.3) is 11.5 Å². The molecule has 0 aliphatic heterocycles. The van der Waals surface area contributed by atoms with E-state index in [4.69, 9.17) is 0 Å². The van der Waals surface area contributed by atoms with Crippen LogP contribution in [0, 0.1) is 0 Å². The van der Waals surface area contributed by atoms with E-state index in [9.17, 15) is 14.4 Å². The number of carbonyl (C=O) groups excluding carboxylic acids is 2. The highest BCUT2D eigenvalue weighted by atomic mass is 16.2. The van der Waals surface area contributed by atoms with Gasteiger partial charge in [-0.15, -0.1) is 0 Å². The first-order valence-electron chi connectivity index (χ1n) is 7.61. The van der Waals surface area contributed by atoms with Gasteiger partial charge in [0.05, 0.1) is 5.52 Å². The molecule has 1 amide bonds. The van der Waals surface area contributed by atoms with E-state index in [0.717, 1.165) is 25.7 Å². The highest BCUT2D eigenvalue weighted by Gasteiger charge is 2.20. The minimum atomic E-state index is -0.394. The van der Waals surface area contributed by atoms with Gasteiger partial charge in [-0.1, -0.05) is 25.3 Å². The first-order chi connectivity index (χ1) is 10.7. The maximum atomic E-state index is 12.5. The van der Waals surface area contributed by atoms with Crippen molar-refractivity contribution < 1.29 is 9.59 Å². The third-order valence-electron chi connectivity index (χ3n) is 4.22. The van der Waals surface area contributed by atoms with Crippen molar-refractivity contribution in [3.05, 3.63) is 51.9 Å². The summed E-state index contributed by atoms with van der Waals surface area (Å²) < 4.78 is 1.35. The lowest BCUT2D eigenvalue weighted by Gasteiger charge is -2.22. The number of nitrogens with one attached hydrogen (secondary N) is 1. The van der Waals surface area contributed by atoms with Crippen molar-refractivity contribution in [1.82, 2.24) is 9.72 Å². The number of fused-ring (bicyclic) bond motifs is 1. The molecule has 0 radical (unpaired) electrons. The van der Waals surface area contributed by atoms with Crippen molar-refractivity contribution in [2.24, 2.45) is 0 Å². The minimum absolute atomic E-state index is 0.0244. The lowest BCUT2D eigenvalue weighted by molar-refractivity contribution is 0.0926. The molecule has 1 aliphatic rings. The molecule has 22 heavy (non-hydrogen) atoms. The average molecular weight is 298 g/mol. The molecule has 2 aromatic rings. The molecule has 2 heterocycles. The third-order valence-corrected chi connectivity index (χ3v) is 4.22. The van der Waals surface area contributed by atoms with Crippen LogP contribution >= 0.6 is 0 Å². The molecule has 0 aromatic carbocycles. The smallest absolute Gasteiger partial charge is 0.267 e. The Balaban J connectivity index is 1.99. The largest absolute Gasteiger partial charge is 0.349 e. The predicted molar refractivity (Wildman–Crippen MR) is 83.4 cm³/mol. The molecule has 0 bridgehead atoms. The fourth-order valence-electron chi connectivity index (χ4n) is 3.04. The van der Waals surface area contributed by atoms with E-state index in [1.807, 2.05) is 0 Å². The molecular weight excluding hydrogens is 280 g/mol. The van der Waals surface area contributed by atoms with Crippen molar-refractivity contribution in [3.63, 3.8) is 0 Å². The van der Waals surface area contributed by atoms with Crippen LogP contribution < -0.4 is 10.9 Å². The van der Waals surface area contributed by atoms with E-state index in [-0.39, 0.29) is 11.6 Å². The summed E-state index contributed by atoms with van der Waals surface area (Å²) in [4.78, 5) is 36.1. The van der Waals surface area contributed by atoms with Crippen LogP contribution in [0.25, 0.3) is 5.52 Å². The van der Waals surface area contributed by atoms with E-state index < -0.39 is 11.5 Å². The fraction of sp³-hybridized carbons (Fsp3) is 0.353. The molecule has 3 rings (SSSR count). The summed E-state index contributed by atoms with van der Waals surface area (Å²) in [7, 11) is 0. The SMILES string of the molecule is O=Cc1cc(C(=O)NC2CCCCC2)c(=O)n2ccccc12. The Kier molecular flexibility index (Phi) is 4.04. The Bertz CT molecular complexity index is 773. The molecule has 0 spiro atoms. The zero-order valence-electron chi connectivity index (χ0n) is 12.2. The molecule has 5 nitrogen and oxygen atoms in total. The molecular formula is C17H18N2O3. The normalized spacial score (nSPS) is 15.6. The molecule has 1 saturated carbocycles. The Morgan fingerprint density at radius 2 is 2.00 bits per heavy atom. The fourth-order valence-corrected chi connectivity index (χ4v) is 3.04. The second-order valence-corrected chi connectivity index (χ2v) is 5.70. The van der Waals surface area contributed by atoms with Crippen LogP contribution in [0.1, 0.15) is 52.8 Å². The second kappa shape index (κ2) is 6.13. The topological polar surface area (TPSA) is 67.7 Å². The predicted octanol–water partition coefficient (Wildman–Crippen LogP) is 2.17. The molecule has 114 valence electrons. The summed E-state index contributed by atoms with van der Waals surface area (Å²) in [5.41, 5.74) is 0.483. The van der Waals surface area contributed by atoms with Gasteiger partial charge in [-0.05, 0) is 31.0 Å². The highest BCUT2D eigenvalue weighted by Crippen LogP contribution is 2.18. The number of carbonyl (C=O) groups is 2. The minimum Gasteiger partial charge on any atom is -0.349 e. The third kappa shape index (κ3) is 2.66. The number of aldehydes is 1. The summed E-state index contributed by atoms with van der Waals surface area (Å²) in [5, 5.41) is 2.92. The zero-order chi connectivity index (χ0) is 15.5. The van der Waals surface area contributed by atoms with Crippen LogP contribution in [0.4, 0.5) is 0 Å². The standard InChI is InChI=1S/C17H18N2O3/c20-11-12-10-14(16(21)18-13-6-2-1-3-7-13)17(22)19-9-5-4-8-15(12)19/h4-5,8-11,13H,1-3,6-7H2,(H,18,21). The van der Waals surface area contributed by atoms with Crippen LogP contribution in [0.2, 0.25) is 0 Å². The lowest BCUT2D eigenvalue weighted by atomic mass is 9.95. The summed E-state index contributed by atoms with van der Waals surface area (Å²) in [5.74, 6) is -0.391. The van der Waals surface area contributed by atoms with Crippen LogP contribution in [0.3, 0.4) is 0 Å². The summed E-state index contributed by atoms with van der Waals surface area (Å²) in [6.45, 7) is 0.